The molecule has 0 aliphatic rings. The van der Waals surface area contributed by atoms with Crippen LogP contribution in [0.15, 0.2) is 42.6 Å². The maximum atomic E-state index is 5.77. The van der Waals surface area contributed by atoms with Crippen molar-refractivity contribution >= 4 is 61.4 Å². The first-order valence-corrected chi connectivity index (χ1v) is 19.2. The fourth-order valence-corrected chi connectivity index (χ4v) is 13.9. The standard InChI is InChI=1S/C7H12OSi2.C5H18O2Si4/c1-10(8-9)7-5-3-2-4-6-7;1-5-10(2)7-9-11(3,4)6-8/h2-6,10H,1,9H3;5,10H,1,9H2,2-4,8H3. The summed E-state index contributed by atoms with van der Waals surface area (Å²) < 4.78 is 16.7. The van der Waals surface area contributed by atoms with Crippen LogP contribution in [0.5, 0.6) is 0 Å². The highest BCUT2D eigenvalue weighted by Crippen LogP contribution is 2.00. The zero-order valence-electron chi connectivity index (χ0n) is 14.3. The molecule has 0 fully saturated rings. The third kappa shape index (κ3) is 10.5. The van der Waals surface area contributed by atoms with E-state index < -0.39 is 25.9 Å². The summed E-state index contributed by atoms with van der Waals surface area (Å²) in [6, 6.07) is 10.5. The molecule has 0 aliphatic heterocycles. The Bertz CT molecular complexity index is 390. The van der Waals surface area contributed by atoms with Crippen molar-refractivity contribution in [3.8, 4) is 0 Å². The van der Waals surface area contributed by atoms with Crippen LogP contribution in [0.3, 0.4) is 0 Å². The van der Waals surface area contributed by atoms with Gasteiger partial charge in [-0.2, -0.15) is 0 Å². The Morgan fingerprint density at radius 2 is 1.76 bits per heavy atom. The van der Waals surface area contributed by atoms with Gasteiger partial charge in [0.25, 0.3) is 0 Å². The van der Waals surface area contributed by atoms with Crippen molar-refractivity contribution in [1.82, 2.24) is 0 Å². The quantitative estimate of drug-likeness (QED) is 0.542. The molecule has 0 heterocycles. The number of rotatable bonds is 7. The van der Waals surface area contributed by atoms with Crippen LogP contribution in [0.2, 0.25) is 26.2 Å². The second kappa shape index (κ2) is 11.7. The molecule has 0 radical (unpaired) electrons. The summed E-state index contributed by atoms with van der Waals surface area (Å²) >= 11 is 0. The second-order valence-corrected chi connectivity index (χ2v) is 24.0. The van der Waals surface area contributed by atoms with Gasteiger partial charge in [0.15, 0.2) is 35.2 Å². The minimum absolute atomic E-state index is 0.377. The Morgan fingerprint density at radius 3 is 2.19 bits per heavy atom. The average molecular weight is 391 g/mol. The molecule has 120 valence electrons. The molecule has 0 spiro atoms. The molecule has 1 aromatic carbocycles. The summed E-state index contributed by atoms with van der Waals surface area (Å²) in [5.41, 5.74) is 1.98. The smallest absolute Gasteiger partial charge is 0.191 e. The van der Waals surface area contributed by atoms with Crippen LogP contribution in [0.25, 0.3) is 0 Å². The van der Waals surface area contributed by atoms with E-state index in [4.69, 9.17) is 12.3 Å². The summed E-state index contributed by atoms with van der Waals surface area (Å²) in [5.74, 6) is 0. The maximum absolute atomic E-state index is 5.77. The van der Waals surface area contributed by atoms with Crippen LogP contribution >= 0.6 is 0 Å². The minimum atomic E-state index is -1.29. The van der Waals surface area contributed by atoms with Crippen LogP contribution in [-0.2, 0) is 12.3 Å². The Hall–Kier alpha value is 0.141. The lowest BCUT2D eigenvalue weighted by molar-refractivity contribution is 0.597. The van der Waals surface area contributed by atoms with E-state index in [9.17, 15) is 0 Å². The average Bonchev–Trinajstić information content (AvgIpc) is 2.53. The van der Waals surface area contributed by atoms with Gasteiger partial charge in [-0.3, -0.25) is 0 Å². The van der Waals surface area contributed by atoms with Crippen LogP contribution in [0, 0.1) is 0 Å². The molecule has 0 saturated carbocycles. The molecule has 3 nitrogen and oxygen atoms in total. The zero-order valence-corrected chi connectivity index (χ0v) is 23.0. The van der Waals surface area contributed by atoms with Gasteiger partial charge in [0, 0.05) is 0 Å². The molecule has 1 rings (SSSR count). The van der Waals surface area contributed by atoms with Crippen LogP contribution in [0.1, 0.15) is 0 Å². The monoisotopic (exact) mass is 390 g/mol. The van der Waals surface area contributed by atoms with Gasteiger partial charge in [0.05, 0.1) is 0 Å². The van der Waals surface area contributed by atoms with E-state index >= 15 is 0 Å². The molecule has 21 heavy (non-hydrogen) atoms. The van der Waals surface area contributed by atoms with E-state index in [1.54, 1.807) is 0 Å². The molecular formula is C12H30O3Si6. The Kier molecular flexibility index (Phi) is 11.8. The summed E-state index contributed by atoms with van der Waals surface area (Å²) in [7, 11) is -1.91. The highest BCUT2D eigenvalue weighted by molar-refractivity contribution is 7.19. The Morgan fingerprint density at radius 1 is 1.19 bits per heavy atom. The molecule has 2 atom stereocenters. The molecule has 0 aromatic heterocycles. The molecule has 1 aromatic rings. The molecule has 0 amide bonds. The fraction of sp³-hybridized carbons (Fsp3) is 0.333. The summed E-state index contributed by atoms with van der Waals surface area (Å²) in [6.45, 7) is 12.6. The largest absolute Gasteiger partial charge is 0.464 e. The van der Waals surface area contributed by atoms with E-state index in [1.165, 1.54) is 5.19 Å². The highest BCUT2D eigenvalue weighted by Gasteiger charge is 2.21. The van der Waals surface area contributed by atoms with Crippen molar-refractivity contribution in [2.24, 2.45) is 0 Å². The zero-order chi connectivity index (χ0) is 16.3. The molecule has 2 unspecified atom stereocenters. The van der Waals surface area contributed by atoms with Gasteiger partial charge in [0.2, 0.25) is 0 Å². The topological polar surface area (TPSA) is 27.7 Å². The van der Waals surface area contributed by atoms with Gasteiger partial charge in [0.1, 0.15) is 21.0 Å². The van der Waals surface area contributed by atoms with Gasteiger partial charge in [-0.25, -0.2) is 0 Å². The van der Waals surface area contributed by atoms with Crippen LogP contribution in [0.4, 0.5) is 0 Å². The van der Waals surface area contributed by atoms with Crippen molar-refractivity contribution in [3.05, 3.63) is 42.6 Å². The first kappa shape index (κ1) is 21.1. The van der Waals surface area contributed by atoms with Crippen LogP contribution in [-0.4, -0.2) is 56.2 Å². The van der Waals surface area contributed by atoms with Crippen LogP contribution < -0.4 is 5.19 Å². The van der Waals surface area contributed by atoms with Crippen molar-refractivity contribution in [3.63, 3.8) is 0 Å². The van der Waals surface area contributed by atoms with E-state index in [2.05, 4.69) is 57.0 Å². The van der Waals surface area contributed by atoms with Gasteiger partial charge in [-0.15, -0.1) is 6.58 Å². The summed E-state index contributed by atoms with van der Waals surface area (Å²) in [5, 5.41) is 1.40. The molecule has 9 heteroatoms. The lowest BCUT2D eigenvalue weighted by atomic mass is 10.4. The first-order valence-electron chi connectivity index (χ1n) is 7.23. The fourth-order valence-electron chi connectivity index (χ4n) is 1.32. The lowest BCUT2D eigenvalue weighted by Crippen LogP contribution is -2.41. The van der Waals surface area contributed by atoms with Gasteiger partial charge >= 0.3 is 0 Å². The molecule has 0 N–H and O–H groups in total. The predicted octanol–water partition coefficient (Wildman–Crippen LogP) is -1.29. The molecular weight excluding hydrogens is 361 g/mol. The summed E-state index contributed by atoms with van der Waals surface area (Å²) in [6.07, 6.45) is 0. The maximum Gasteiger partial charge on any atom is 0.191 e. The Labute approximate surface area is 142 Å². The number of hydrogen-bond donors (Lipinski definition) is 0. The second-order valence-electron chi connectivity index (χ2n) is 5.50. The van der Waals surface area contributed by atoms with Crippen molar-refractivity contribution in [2.75, 3.05) is 0 Å². The van der Waals surface area contributed by atoms with Gasteiger partial charge in [-0.05, 0) is 31.4 Å². The van der Waals surface area contributed by atoms with E-state index in [-0.39, 0.29) is 9.28 Å². The van der Waals surface area contributed by atoms with Crippen molar-refractivity contribution in [2.45, 2.75) is 26.2 Å². The third-order valence-corrected chi connectivity index (χ3v) is 22.1. The predicted molar refractivity (Wildman–Crippen MR) is 111 cm³/mol. The Balaban J connectivity index is 0.000000382. The van der Waals surface area contributed by atoms with E-state index in [1.807, 2.05) is 11.8 Å². The third-order valence-electron chi connectivity index (χ3n) is 3.20. The minimum Gasteiger partial charge on any atom is -0.464 e. The van der Waals surface area contributed by atoms with Crippen molar-refractivity contribution < 1.29 is 12.3 Å². The van der Waals surface area contributed by atoms with Gasteiger partial charge < -0.3 is 12.3 Å². The number of benzene rings is 1. The van der Waals surface area contributed by atoms with Gasteiger partial charge in [-0.1, -0.05) is 36.0 Å². The molecule has 0 aliphatic carbocycles. The molecule has 0 saturated heterocycles. The SMILES string of the molecule is C=C[SiH](C)O[SiH2][Si](C)(C)O[SiH3].C[SiH](O[SiH3])c1ccccc1. The molecule has 0 bridgehead atoms. The normalized spacial score (nSPS) is 14.7. The lowest BCUT2D eigenvalue weighted by Gasteiger charge is -2.21. The first-order chi connectivity index (χ1) is 9.86. The highest BCUT2D eigenvalue weighted by atomic mass is 29.2. The van der Waals surface area contributed by atoms with E-state index in [0.29, 0.717) is 0 Å². The van der Waals surface area contributed by atoms with Crippen molar-refractivity contribution in [1.29, 1.82) is 0 Å². The summed E-state index contributed by atoms with van der Waals surface area (Å²) in [4.78, 5) is 0. The number of hydrogen-bond acceptors (Lipinski definition) is 3. The van der Waals surface area contributed by atoms with E-state index in [0.717, 1.165) is 21.0 Å².